The predicted octanol–water partition coefficient (Wildman–Crippen LogP) is 4.10. The van der Waals surface area contributed by atoms with E-state index in [1.807, 2.05) is 55.5 Å². The maximum Gasteiger partial charge on any atom is 0.127 e. The van der Waals surface area contributed by atoms with Gasteiger partial charge < -0.3 is 0 Å². The molecule has 0 atom stereocenters. The number of nitrogens with zero attached hydrogens (tertiary/aromatic N) is 3. The van der Waals surface area contributed by atoms with Gasteiger partial charge in [-0.15, -0.1) is 11.8 Å². The molecule has 0 aliphatic rings. The average molecular weight is 291 g/mol. The van der Waals surface area contributed by atoms with Crippen LogP contribution in [0.2, 0.25) is 0 Å². The van der Waals surface area contributed by atoms with E-state index in [1.165, 1.54) is 0 Å². The number of fused-ring (bicyclic) bond motifs is 1. The molecule has 0 radical (unpaired) electrons. The van der Waals surface area contributed by atoms with Gasteiger partial charge in [0.2, 0.25) is 0 Å². The van der Waals surface area contributed by atoms with Gasteiger partial charge >= 0.3 is 0 Å². The second kappa shape index (κ2) is 5.94. The van der Waals surface area contributed by atoms with Gasteiger partial charge in [-0.2, -0.15) is 5.26 Å². The average Bonchev–Trinajstić information content (AvgIpc) is 2.52. The molecule has 0 saturated carbocycles. The lowest BCUT2D eigenvalue weighted by atomic mass is 10.2. The van der Waals surface area contributed by atoms with Gasteiger partial charge in [0.05, 0.1) is 17.1 Å². The highest BCUT2D eigenvalue weighted by Crippen LogP contribution is 2.28. The minimum Gasteiger partial charge on any atom is -0.233 e. The van der Waals surface area contributed by atoms with Crippen molar-refractivity contribution >= 4 is 22.7 Å². The summed E-state index contributed by atoms with van der Waals surface area (Å²) in [5.74, 6) is 1.57. The van der Waals surface area contributed by atoms with E-state index in [9.17, 15) is 0 Å². The zero-order valence-electron chi connectivity index (χ0n) is 11.6. The summed E-state index contributed by atoms with van der Waals surface area (Å²) in [6.45, 7) is 1.91. The van der Waals surface area contributed by atoms with Crippen molar-refractivity contribution in [3.63, 3.8) is 0 Å². The molecule has 3 nitrogen and oxygen atoms in total. The van der Waals surface area contributed by atoms with E-state index in [1.54, 1.807) is 11.8 Å². The van der Waals surface area contributed by atoms with E-state index >= 15 is 0 Å². The number of aryl methyl sites for hydroxylation is 1. The predicted molar refractivity (Wildman–Crippen MR) is 85.0 cm³/mol. The van der Waals surface area contributed by atoms with Gasteiger partial charge in [0.25, 0.3) is 0 Å². The molecule has 102 valence electrons. The van der Waals surface area contributed by atoms with E-state index in [0.29, 0.717) is 5.56 Å². The zero-order chi connectivity index (χ0) is 14.7. The van der Waals surface area contributed by atoms with E-state index in [4.69, 9.17) is 5.26 Å². The third-order valence-electron chi connectivity index (χ3n) is 3.11. The normalized spacial score (nSPS) is 10.5. The first kappa shape index (κ1) is 13.6. The largest absolute Gasteiger partial charge is 0.233 e. The van der Waals surface area contributed by atoms with Crippen molar-refractivity contribution in [2.75, 3.05) is 0 Å². The Kier molecular flexibility index (Phi) is 3.85. The first-order valence-corrected chi connectivity index (χ1v) is 7.60. The molecule has 21 heavy (non-hydrogen) atoms. The molecule has 1 heterocycles. The number of nitriles is 1. The topological polar surface area (TPSA) is 49.6 Å². The Morgan fingerprint density at radius 1 is 1.10 bits per heavy atom. The number of aromatic nitrogens is 2. The van der Waals surface area contributed by atoms with Gasteiger partial charge in [-0.05, 0) is 30.7 Å². The van der Waals surface area contributed by atoms with Gasteiger partial charge in [-0.3, -0.25) is 0 Å². The second-order valence-corrected chi connectivity index (χ2v) is 5.66. The lowest BCUT2D eigenvalue weighted by Gasteiger charge is -2.06. The van der Waals surface area contributed by atoms with Crippen molar-refractivity contribution < 1.29 is 0 Å². The fraction of sp³-hybridized carbons (Fsp3) is 0.118. The highest BCUT2D eigenvalue weighted by atomic mass is 32.2. The van der Waals surface area contributed by atoms with Crippen molar-refractivity contribution in [3.05, 3.63) is 65.5 Å². The minimum absolute atomic E-state index is 0.692. The van der Waals surface area contributed by atoms with Crippen molar-refractivity contribution in [1.29, 1.82) is 5.26 Å². The first-order valence-electron chi connectivity index (χ1n) is 6.61. The van der Waals surface area contributed by atoms with Crippen LogP contribution in [-0.4, -0.2) is 9.97 Å². The van der Waals surface area contributed by atoms with Crippen LogP contribution >= 0.6 is 11.8 Å². The number of benzene rings is 2. The van der Waals surface area contributed by atoms with Crippen LogP contribution in [0.25, 0.3) is 10.9 Å². The maximum atomic E-state index is 8.95. The smallest absolute Gasteiger partial charge is 0.127 e. The van der Waals surface area contributed by atoms with Crippen LogP contribution in [-0.2, 0) is 5.75 Å². The highest BCUT2D eigenvalue weighted by molar-refractivity contribution is 7.98. The molecule has 3 aromatic rings. The van der Waals surface area contributed by atoms with Crippen LogP contribution in [0.3, 0.4) is 0 Å². The molecule has 0 aliphatic carbocycles. The van der Waals surface area contributed by atoms with E-state index < -0.39 is 0 Å². The van der Waals surface area contributed by atoms with E-state index in [0.717, 1.165) is 33.1 Å². The van der Waals surface area contributed by atoms with Crippen molar-refractivity contribution in [1.82, 2.24) is 9.97 Å². The Balaban J connectivity index is 1.90. The number of rotatable bonds is 3. The molecular weight excluding hydrogens is 278 g/mol. The fourth-order valence-electron chi connectivity index (χ4n) is 2.15. The molecule has 0 saturated heterocycles. The summed E-state index contributed by atoms with van der Waals surface area (Å²) in [5, 5.41) is 11.0. The Morgan fingerprint density at radius 2 is 1.95 bits per heavy atom. The summed E-state index contributed by atoms with van der Waals surface area (Å²) in [4.78, 5) is 9.00. The SMILES string of the molecule is Cc1nc(SCc2cccc(C#N)c2)c2ccccc2n1. The van der Waals surface area contributed by atoms with Crippen molar-refractivity contribution in [2.45, 2.75) is 17.7 Å². The van der Waals surface area contributed by atoms with Crippen LogP contribution in [0.1, 0.15) is 17.0 Å². The Hall–Kier alpha value is -2.38. The molecular formula is C17H13N3S. The van der Waals surface area contributed by atoms with Crippen LogP contribution in [0.5, 0.6) is 0 Å². The number of thioether (sulfide) groups is 1. The number of hydrogen-bond donors (Lipinski definition) is 0. The summed E-state index contributed by atoms with van der Waals surface area (Å²) in [7, 11) is 0. The molecule has 0 bridgehead atoms. The monoisotopic (exact) mass is 291 g/mol. The molecule has 3 rings (SSSR count). The van der Waals surface area contributed by atoms with E-state index in [2.05, 4.69) is 16.0 Å². The highest BCUT2D eigenvalue weighted by Gasteiger charge is 2.06. The van der Waals surface area contributed by atoms with Crippen molar-refractivity contribution in [3.8, 4) is 6.07 Å². The Bertz CT molecular complexity index is 837. The Labute approximate surface area is 127 Å². The summed E-state index contributed by atoms with van der Waals surface area (Å²) in [5.41, 5.74) is 2.79. The summed E-state index contributed by atoms with van der Waals surface area (Å²) < 4.78 is 0. The molecule has 4 heteroatoms. The molecule has 0 spiro atoms. The van der Waals surface area contributed by atoms with Crippen LogP contribution in [0, 0.1) is 18.3 Å². The van der Waals surface area contributed by atoms with Crippen LogP contribution in [0.15, 0.2) is 53.6 Å². The van der Waals surface area contributed by atoms with Gasteiger partial charge in [0.1, 0.15) is 10.9 Å². The minimum atomic E-state index is 0.692. The third kappa shape index (κ3) is 3.04. The Morgan fingerprint density at radius 3 is 2.81 bits per heavy atom. The molecule has 0 amide bonds. The van der Waals surface area contributed by atoms with Gasteiger partial charge in [-0.25, -0.2) is 9.97 Å². The molecule has 0 N–H and O–H groups in total. The molecule has 2 aromatic carbocycles. The van der Waals surface area contributed by atoms with Gasteiger partial charge in [0.15, 0.2) is 0 Å². The lowest BCUT2D eigenvalue weighted by molar-refractivity contribution is 1.01. The van der Waals surface area contributed by atoms with Crippen molar-refractivity contribution in [2.24, 2.45) is 0 Å². The summed E-state index contributed by atoms with van der Waals surface area (Å²) in [6.07, 6.45) is 0. The van der Waals surface area contributed by atoms with Crippen LogP contribution in [0.4, 0.5) is 0 Å². The van der Waals surface area contributed by atoms with Gasteiger partial charge in [-0.1, -0.05) is 30.3 Å². The quantitative estimate of drug-likeness (QED) is 0.538. The first-order chi connectivity index (χ1) is 10.3. The molecule has 0 unspecified atom stereocenters. The standard InChI is InChI=1S/C17H13N3S/c1-12-19-16-8-3-2-7-15(16)17(20-12)21-11-14-6-4-5-13(9-14)10-18/h2-9H,11H2,1H3. The van der Waals surface area contributed by atoms with E-state index in [-0.39, 0.29) is 0 Å². The summed E-state index contributed by atoms with van der Waals surface area (Å²) >= 11 is 1.68. The third-order valence-corrected chi connectivity index (χ3v) is 4.17. The summed E-state index contributed by atoms with van der Waals surface area (Å²) in [6, 6.07) is 17.9. The van der Waals surface area contributed by atoms with Gasteiger partial charge in [0, 0.05) is 11.1 Å². The number of para-hydroxylation sites is 1. The molecule has 0 fully saturated rings. The van der Waals surface area contributed by atoms with Crippen LogP contribution < -0.4 is 0 Å². The maximum absolute atomic E-state index is 8.95. The molecule has 1 aromatic heterocycles. The lowest BCUT2D eigenvalue weighted by Crippen LogP contribution is -1.93. The second-order valence-electron chi connectivity index (χ2n) is 4.69. The fourth-order valence-corrected chi connectivity index (χ4v) is 3.16. The zero-order valence-corrected chi connectivity index (χ0v) is 12.4. The number of hydrogen-bond acceptors (Lipinski definition) is 4. The molecule has 0 aliphatic heterocycles.